The first-order chi connectivity index (χ1) is 11.8. The molecule has 1 aromatic rings. The molecule has 0 bridgehead atoms. The van der Waals surface area contributed by atoms with Gasteiger partial charge in [0, 0.05) is 45.6 Å². The number of hydrogen-bond acceptors (Lipinski definition) is 4. The smallest absolute Gasteiger partial charge is 0.213 e. The normalized spacial score (nSPS) is 14.5. The van der Waals surface area contributed by atoms with Crippen LogP contribution in [-0.4, -0.2) is 44.4 Å². The van der Waals surface area contributed by atoms with Crippen LogP contribution in [0.4, 0.5) is 0 Å². The molecule has 6 heteroatoms. The van der Waals surface area contributed by atoms with Gasteiger partial charge in [-0.1, -0.05) is 13.0 Å². The molecule has 0 aromatic carbocycles. The van der Waals surface area contributed by atoms with E-state index in [1.165, 1.54) is 12.8 Å². The fourth-order valence-electron chi connectivity index (χ4n) is 2.13. The molecule has 1 aliphatic carbocycles. The Morgan fingerprint density at radius 3 is 2.83 bits per heavy atom. The van der Waals surface area contributed by atoms with Gasteiger partial charge in [0.1, 0.15) is 0 Å². The Kier molecular flexibility index (Phi) is 8.38. The van der Waals surface area contributed by atoms with E-state index in [9.17, 15) is 0 Å². The van der Waals surface area contributed by atoms with Crippen molar-refractivity contribution in [2.24, 2.45) is 10.9 Å². The average molecular weight is 334 g/mol. The summed E-state index contributed by atoms with van der Waals surface area (Å²) in [6.07, 6.45) is 6.48. The van der Waals surface area contributed by atoms with Crippen LogP contribution >= 0.6 is 0 Å². The third-order valence-electron chi connectivity index (χ3n) is 3.74. The maximum absolute atomic E-state index is 5.62. The van der Waals surface area contributed by atoms with Crippen LogP contribution in [0.3, 0.4) is 0 Å². The number of ether oxygens (including phenoxy) is 2. The first-order valence-corrected chi connectivity index (χ1v) is 8.91. The molecule has 0 radical (unpaired) electrons. The Morgan fingerprint density at radius 2 is 2.17 bits per heavy atom. The van der Waals surface area contributed by atoms with Crippen LogP contribution in [0.25, 0.3) is 0 Å². The Labute approximate surface area is 145 Å². The van der Waals surface area contributed by atoms with Gasteiger partial charge in [-0.2, -0.15) is 0 Å². The van der Waals surface area contributed by atoms with Crippen molar-refractivity contribution in [1.82, 2.24) is 15.6 Å². The minimum atomic E-state index is 0.675. The van der Waals surface area contributed by atoms with E-state index in [-0.39, 0.29) is 0 Å². The lowest BCUT2D eigenvalue weighted by Crippen LogP contribution is -2.37. The molecule has 1 saturated carbocycles. The second-order valence-electron chi connectivity index (χ2n) is 6.08. The van der Waals surface area contributed by atoms with Crippen molar-refractivity contribution >= 4 is 5.96 Å². The zero-order chi connectivity index (χ0) is 17.0. The Hall–Kier alpha value is -1.82. The lowest BCUT2D eigenvalue weighted by molar-refractivity contribution is 0.123. The first kappa shape index (κ1) is 18.5. The van der Waals surface area contributed by atoms with Gasteiger partial charge in [-0.25, -0.2) is 4.98 Å². The number of nitrogens with one attached hydrogen (secondary N) is 2. The summed E-state index contributed by atoms with van der Waals surface area (Å²) in [6.45, 7) is 6.05. The van der Waals surface area contributed by atoms with Crippen molar-refractivity contribution in [1.29, 1.82) is 0 Å². The van der Waals surface area contributed by atoms with Crippen molar-refractivity contribution in [2.45, 2.75) is 39.2 Å². The highest BCUT2D eigenvalue weighted by Crippen LogP contribution is 2.28. The number of rotatable bonds is 11. The van der Waals surface area contributed by atoms with Gasteiger partial charge in [-0.3, -0.25) is 4.99 Å². The van der Waals surface area contributed by atoms with Crippen molar-refractivity contribution in [3.8, 4) is 5.88 Å². The van der Waals surface area contributed by atoms with Crippen LogP contribution in [0.15, 0.2) is 23.3 Å². The molecule has 0 amide bonds. The molecule has 0 unspecified atom stereocenters. The SMILES string of the molecule is CCCOc1ccc(CNC(=NC)NCCCOCC2CC2)cn1. The molecule has 0 saturated heterocycles. The van der Waals surface area contributed by atoms with E-state index in [1.54, 1.807) is 7.05 Å². The molecule has 0 atom stereocenters. The lowest BCUT2D eigenvalue weighted by atomic mass is 10.3. The van der Waals surface area contributed by atoms with Gasteiger partial charge in [0.05, 0.1) is 6.61 Å². The highest BCUT2D eigenvalue weighted by atomic mass is 16.5. The van der Waals surface area contributed by atoms with Crippen molar-refractivity contribution in [2.75, 3.05) is 33.4 Å². The number of hydrogen-bond donors (Lipinski definition) is 2. The lowest BCUT2D eigenvalue weighted by Gasteiger charge is -2.12. The molecule has 1 heterocycles. The van der Waals surface area contributed by atoms with Crippen LogP contribution in [-0.2, 0) is 11.3 Å². The summed E-state index contributed by atoms with van der Waals surface area (Å²) in [4.78, 5) is 8.52. The Bertz CT molecular complexity index is 486. The fourth-order valence-corrected chi connectivity index (χ4v) is 2.13. The van der Waals surface area contributed by atoms with E-state index in [0.29, 0.717) is 19.0 Å². The molecule has 1 fully saturated rings. The third kappa shape index (κ3) is 7.64. The van der Waals surface area contributed by atoms with E-state index in [1.807, 2.05) is 18.3 Å². The van der Waals surface area contributed by atoms with E-state index < -0.39 is 0 Å². The predicted molar refractivity (Wildman–Crippen MR) is 96.4 cm³/mol. The quantitative estimate of drug-likeness (QED) is 0.369. The largest absolute Gasteiger partial charge is 0.478 e. The number of pyridine rings is 1. The summed E-state index contributed by atoms with van der Waals surface area (Å²) in [5, 5.41) is 6.58. The van der Waals surface area contributed by atoms with Gasteiger partial charge >= 0.3 is 0 Å². The Morgan fingerprint density at radius 1 is 1.29 bits per heavy atom. The van der Waals surface area contributed by atoms with E-state index in [0.717, 1.165) is 50.0 Å². The summed E-state index contributed by atoms with van der Waals surface area (Å²) >= 11 is 0. The van der Waals surface area contributed by atoms with Crippen LogP contribution in [0.5, 0.6) is 5.88 Å². The molecular weight excluding hydrogens is 304 g/mol. The number of aromatic nitrogens is 1. The first-order valence-electron chi connectivity index (χ1n) is 8.91. The Balaban J connectivity index is 1.58. The van der Waals surface area contributed by atoms with Gasteiger partial charge in [0.2, 0.25) is 5.88 Å². The summed E-state index contributed by atoms with van der Waals surface area (Å²) < 4.78 is 11.1. The topological polar surface area (TPSA) is 67.8 Å². The molecule has 1 aliphatic rings. The maximum atomic E-state index is 5.62. The molecule has 134 valence electrons. The molecule has 1 aromatic heterocycles. The molecule has 0 aliphatic heterocycles. The zero-order valence-corrected chi connectivity index (χ0v) is 14.9. The van der Waals surface area contributed by atoms with E-state index >= 15 is 0 Å². The highest BCUT2D eigenvalue weighted by molar-refractivity contribution is 5.79. The minimum Gasteiger partial charge on any atom is -0.478 e. The van der Waals surface area contributed by atoms with Crippen LogP contribution < -0.4 is 15.4 Å². The van der Waals surface area contributed by atoms with Crippen LogP contribution in [0.2, 0.25) is 0 Å². The molecule has 6 nitrogen and oxygen atoms in total. The minimum absolute atomic E-state index is 0.675. The molecule has 24 heavy (non-hydrogen) atoms. The number of nitrogens with zero attached hydrogens (tertiary/aromatic N) is 2. The standard InChI is InChI=1S/C18H30N4O2/c1-3-10-24-17-8-7-16(12-21-17)13-22-18(19-2)20-9-4-11-23-14-15-5-6-15/h7-8,12,15H,3-6,9-11,13-14H2,1-2H3,(H2,19,20,22). The average Bonchev–Trinajstić information content (AvgIpc) is 3.44. The second kappa shape index (κ2) is 10.9. The van der Waals surface area contributed by atoms with Gasteiger partial charge in [0.25, 0.3) is 0 Å². The highest BCUT2D eigenvalue weighted by Gasteiger charge is 2.20. The molecule has 2 rings (SSSR count). The number of guanidine groups is 1. The van der Waals surface area contributed by atoms with Crippen LogP contribution in [0.1, 0.15) is 38.2 Å². The van der Waals surface area contributed by atoms with Crippen molar-refractivity contribution in [3.63, 3.8) is 0 Å². The van der Waals surface area contributed by atoms with E-state index in [4.69, 9.17) is 9.47 Å². The summed E-state index contributed by atoms with van der Waals surface area (Å²) in [7, 11) is 1.78. The van der Waals surface area contributed by atoms with Gasteiger partial charge in [0.15, 0.2) is 5.96 Å². The summed E-state index contributed by atoms with van der Waals surface area (Å²) in [6, 6.07) is 3.92. The molecular formula is C18H30N4O2. The van der Waals surface area contributed by atoms with Gasteiger partial charge < -0.3 is 20.1 Å². The third-order valence-corrected chi connectivity index (χ3v) is 3.74. The van der Waals surface area contributed by atoms with Crippen molar-refractivity contribution in [3.05, 3.63) is 23.9 Å². The summed E-state index contributed by atoms with van der Waals surface area (Å²) in [5.41, 5.74) is 1.09. The van der Waals surface area contributed by atoms with E-state index in [2.05, 4.69) is 27.5 Å². The predicted octanol–water partition coefficient (Wildman–Crippen LogP) is 2.35. The second-order valence-corrected chi connectivity index (χ2v) is 6.08. The van der Waals surface area contributed by atoms with Gasteiger partial charge in [-0.15, -0.1) is 0 Å². The van der Waals surface area contributed by atoms with Crippen molar-refractivity contribution < 1.29 is 9.47 Å². The monoisotopic (exact) mass is 334 g/mol. The maximum Gasteiger partial charge on any atom is 0.213 e. The van der Waals surface area contributed by atoms with Crippen LogP contribution in [0, 0.1) is 5.92 Å². The molecule has 0 spiro atoms. The molecule has 2 N–H and O–H groups in total. The summed E-state index contributed by atoms with van der Waals surface area (Å²) in [5.74, 6) is 2.30. The zero-order valence-electron chi connectivity index (χ0n) is 14.9. The van der Waals surface area contributed by atoms with Gasteiger partial charge in [-0.05, 0) is 37.2 Å². The number of aliphatic imine (C=N–C) groups is 1. The fraction of sp³-hybridized carbons (Fsp3) is 0.667.